The van der Waals surface area contributed by atoms with Gasteiger partial charge in [-0.3, -0.25) is 4.79 Å². The number of rotatable bonds is 6. The maximum absolute atomic E-state index is 12.2. The smallest absolute Gasteiger partial charge is 0.343 e. The quantitative estimate of drug-likeness (QED) is 0.770. The molecule has 1 aromatic rings. The molecule has 0 aliphatic heterocycles. The van der Waals surface area contributed by atoms with Crippen LogP contribution in [0.5, 0.6) is 0 Å². The first-order valence-corrected chi connectivity index (χ1v) is 8.01. The molecule has 2 atom stereocenters. The van der Waals surface area contributed by atoms with Crippen molar-refractivity contribution < 1.29 is 14.3 Å². The SMILES string of the molecule is CNc1snc(C)c1C(=O)O[C@H](C)C(=O)N[C@](C)(C#N)C(C)C. The molecule has 1 heterocycles. The molecule has 0 aliphatic rings. The number of aromatic nitrogens is 1. The lowest BCUT2D eigenvalue weighted by atomic mass is 9.90. The van der Waals surface area contributed by atoms with Crippen molar-refractivity contribution in [1.29, 1.82) is 5.26 Å². The molecule has 0 spiro atoms. The molecule has 1 rings (SSSR count). The van der Waals surface area contributed by atoms with Gasteiger partial charge in [0.25, 0.3) is 5.91 Å². The lowest BCUT2D eigenvalue weighted by molar-refractivity contribution is -0.130. The third kappa shape index (κ3) is 4.20. The number of aryl methyl sites for hydroxylation is 1. The van der Waals surface area contributed by atoms with E-state index in [9.17, 15) is 14.9 Å². The Kier molecular flexibility index (Phi) is 6.10. The third-order valence-corrected chi connectivity index (χ3v) is 4.67. The summed E-state index contributed by atoms with van der Waals surface area (Å²) in [4.78, 5) is 24.4. The first kappa shape index (κ1) is 18.9. The molecule has 0 fully saturated rings. The van der Waals surface area contributed by atoms with Crippen molar-refractivity contribution in [3.8, 4) is 6.07 Å². The Balaban J connectivity index is 2.81. The van der Waals surface area contributed by atoms with Gasteiger partial charge in [-0.25, -0.2) is 4.79 Å². The van der Waals surface area contributed by atoms with Crippen LogP contribution in [0.2, 0.25) is 0 Å². The number of nitrogens with zero attached hydrogens (tertiary/aromatic N) is 2. The molecule has 0 saturated heterocycles. The van der Waals surface area contributed by atoms with E-state index in [1.807, 2.05) is 13.8 Å². The Hall–Kier alpha value is -2.14. The topological polar surface area (TPSA) is 104 Å². The van der Waals surface area contributed by atoms with Crippen molar-refractivity contribution in [3.05, 3.63) is 11.3 Å². The van der Waals surface area contributed by atoms with Gasteiger partial charge in [-0.05, 0) is 38.2 Å². The highest BCUT2D eigenvalue weighted by molar-refractivity contribution is 7.10. The van der Waals surface area contributed by atoms with Crippen molar-refractivity contribution in [2.75, 3.05) is 12.4 Å². The maximum Gasteiger partial charge on any atom is 0.343 e. The summed E-state index contributed by atoms with van der Waals surface area (Å²) in [6.07, 6.45) is -1.02. The summed E-state index contributed by atoms with van der Waals surface area (Å²) in [5.74, 6) is -1.21. The molecule has 1 amide bonds. The number of ether oxygens (including phenoxy) is 1. The molecule has 126 valence electrons. The number of hydrogen-bond acceptors (Lipinski definition) is 7. The zero-order chi connectivity index (χ0) is 17.8. The molecule has 8 heteroatoms. The van der Waals surface area contributed by atoms with Crippen molar-refractivity contribution in [2.24, 2.45) is 5.92 Å². The Bertz CT molecular complexity index is 635. The molecule has 0 aromatic carbocycles. The third-order valence-electron chi connectivity index (χ3n) is 3.72. The first-order valence-electron chi connectivity index (χ1n) is 7.24. The summed E-state index contributed by atoms with van der Waals surface area (Å²) in [6, 6.07) is 2.08. The minimum absolute atomic E-state index is 0.0847. The normalized spacial score (nSPS) is 14.5. The largest absolute Gasteiger partial charge is 0.449 e. The minimum atomic E-state index is -1.02. The predicted octanol–water partition coefficient (Wildman–Crippen LogP) is 2.09. The summed E-state index contributed by atoms with van der Waals surface area (Å²) < 4.78 is 9.31. The Morgan fingerprint density at radius 2 is 2.00 bits per heavy atom. The van der Waals surface area contributed by atoms with Crippen LogP contribution in [-0.4, -0.2) is 34.9 Å². The second kappa shape index (κ2) is 7.42. The number of hydrogen-bond donors (Lipinski definition) is 2. The Labute approximate surface area is 140 Å². The van der Waals surface area contributed by atoms with Crippen molar-refractivity contribution in [2.45, 2.75) is 46.3 Å². The van der Waals surface area contributed by atoms with Gasteiger partial charge in [0.05, 0.1) is 11.8 Å². The fraction of sp³-hybridized carbons (Fsp3) is 0.600. The summed E-state index contributed by atoms with van der Waals surface area (Å²) in [5, 5.41) is 15.3. The van der Waals surface area contributed by atoms with Crippen LogP contribution in [0, 0.1) is 24.2 Å². The Morgan fingerprint density at radius 1 is 1.39 bits per heavy atom. The zero-order valence-corrected chi connectivity index (χ0v) is 15.0. The van der Waals surface area contributed by atoms with Crippen LogP contribution in [0.3, 0.4) is 0 Å². The van der Waals surface area contributed by atoms with Crippen LogP contribution in [-0.2, 0) is 9.53 Å². The van der Waals surface area contributed by atoms with E-state index in [0.717, 1.165) is 11.5 Å². The summed E-state index contributed by atoms with van der Waals surface area (Å²) in [7, 11) is 1.68. The van der Waals surface area contributed by atoms with Crippen molar-refractivity contribution in [1.82, 2.24) is 9.69 Å². The van der Waals surface area contributed by atoms with Crippen LogP contribution < -0.4 is 10.6 Å². The highest BCUT2D eigenvalue weighted by Crippen LogP contribution is 2.25. The molecule has 0 aliphatic carbocycles. The van der Waals surface area contributed by atoms with Crippen LogP contribution in [0.1, 0.15) is 43.7 Å². The fourth-order valence-electron chi connectivity index (χ4n) is 1.71. The molecule has 0 saturated carbocycles. The maximum atomic E-state index is 12.2. The van der Waals surface area contributed by atoms with Gasteiger partial charge in [0.15, 0.2) is 6.10 Å². The number of anilines is 1. The number of nitriles is 1. The van der Waals surface area contributed by atoms with Crippen LogP contribution in [0.4, 0.5) is 5.00 Å². The first-order chi connectivity index (χ1) is 10.7. The standard InChI is InChI=1S/C15H22N4O3S/c1-8(2)15(5,7-16)18-12(20)10(4)22-14(21)11-9(3)19-23-13(11)17-6/h8,10,17H,1-6H3,(H,18,20)/t10-,15-/m1/s1. The van der Waals surface area contributed by atoms with Gasteiger partial charge in [0.1, 0.15) is 16.1 Å². The van der Waals surface area contributed by atoms with Crippen LogP contribution in [0.25, 0.3) is 0 Å². The molecular formula is C15H22N4O3S. The molecule has 0 radical (unpaired) electrons. The van der Waals surface area contributed by atoms with E-state index in [-0.39, 0.29) is 5.92 Å². The molecule has 0 unspecified atom stereocenters. The highest BCUT2D eigenvalue weighted by atomic mass is 32.1. The van der Waals surface area contributed by atoms with Crippen molar-refractivity contribution >= 4 is 28.4 Å². The fourth-order valence-corrected chi connectivity index (χ4v) is 2.45. The average molecular weight is 338 g/mol. The average Bonchev–Trinajstić information content (AvgIpc) is 2.87. The number of nitrogens with one attached hydrogen (secondary N) is 2. The zero-order valence-electron chi connectivity index (χ0n) is 14.2. The molecule has 23 heavy (non-hydrogen) atoms. The molecule has 7 nitrogen and oxygen atoms in total. The van der Waals surface area contributed by atoms with Gasteiger partial charge in [-0.1, -0.05) is 13.8 Å². The lowest BCUT2D eigenvalue weighted by Gasteiger charge is -2.28. The second-order valence-corrected chi connectivity index (χ2v) is 6.50. The number of esters is 1. The molecule has 1 aromatic heterocycles. The molecular weight excluding hydrogens is 316 g/mol. The van der Waals surface area contributed by atoms with Crippen LogP contribution >= 0.6 is 11.5 Å². The van der Waals surface area contributed by atoms with Crippen LogP contribution in [0.15, 0.2) is 0 Å². The van der Waals surface area contributed by atoms with Crippen molar-refractivity contribution in [3.63, 3.8) is 0 Å². The van der Waals surface area contributed by atoms with E-state index in [2.05, 4.69) is 21.1 Å². The van der Waals surface area contributed by atoms with E-state index in [1.165, 1.54) is 6.92 Å². The highest BCUT2D eigenvalue weighted by Gasteiger charge is 2.33. The van der Waals surface area contributed by atoms with Gasteiger partial charge in [0.2, 0.25) is 0 Å². The summed E-state index contributed by atoms with van der Waals surface area (Å²) in [6.45, 7) is 8.47. The van der Waals surface area contributed by atoms with Gasteiger partial charge in [0, 0.05) is 7.05 Å². The Morgan fingerprint density at radius 3 is 2.48 bits per heavy atom. The lowest BCUT2D eigenvalue weighted by Crippen LogP contribution is -2.52. The molecule has 2 N–H and O–H groups in total. The van der Waals surface area contributed by atoms with E-state index >= 15 is 0 Å². The van der Waals surface area contributed by atoms with Gasteiger partial charge in [-0.2, -0.15) is 9.64 Å². The van der Waals surface area contributed by atoms with E-state index < -0.39 is 23.5 Å². The predicted molar refractivity (Wildman–Crippen MR) is 88.3 cm³/mol. The van der Waals surface area contributed by atoms with Gasteiger partial charge < -0.3 is 15.4 Å². The number of carbonyl (C=O) groups excluding carboxylic acids is 2. The van der Waals surface area contributed by atoms with E-state index in [4.69, 9.17) is 4.74 Å². The number of amides is 1. The summed E-state index contributed by atoms with van der Waals surface area (Å²) >= 11 is 1.15. The van der Waals surface area contributed by atoms with Gasteiger partial charge in [-0.15, -0.1) is 0 Å². The monoisotopic (exact) mass is 338 g/mol. The minimum Gasteiger partial charge on any atom is -0.449 e. The van der Waals surface area contributed by atoms with E-state index in [0.29, 0.717) is 16.3 Å². The molecule has 0 bridgehead atoms. The van der Waals surface area contributed by atoms with E-state index in [1.54, 1.807) is 20.9 Å². The number of carbonyl (C=O) groups is 2. The summed E-state index contributed by atoms with van der Waals surface area (Å²) in [5.41, 5.74) is -0.154. The second-order valence-electron chi connectivity index (χ2n) is 5.73. The van der Waals surface area contributed by atoms with Gasteiger partial charge >= 0.3 is 5.97 Å².